The lowest BCUT2D eigenvalue weighted by molar-refractivity contribution is -0.145. The molecule has 0 unspecified atom stereocenters. The van der Waals surface area contributed by atoms with Crippen LogP contribution in [-0.4, -0.2) is 30.3 Å². The lowest BCUT2D eigenvalue weighted by Gasteiger charge is -2.26. The van der Waals surface area contributed by atoms with E-state index in [1.54, 1.807) is 6.92 Å². The van der Waals surface area contributed by atoms with Crippen LogP contribution < -0.4 is 0 Å². The molecule has 0 amide bonds. The summed E-state index contributed by atoms with van der Waals surface area (Å²) in [5, 5.41) is -0.715. The third-order valence-corrected chi connectivity index (χ3v) is 3.98. The summed E-state index contributed by atoms with van der Waals surface area (Å²) in [5.74, 6) is -0.449. The van der Waals surface area contributed by atoms with Gasteiger partial charge in [0.05, 0.1) is 5.25 Å². The summed E-state index contributed by atoms with van der Waals surface area (Å²) in [4.78, 5) is 11.2. The van der Waals surface area contributed by atoms with E-state index >= 15 is 0 Å². The molecule has 0 aromatic rings. The molecule has 1 aliphatic rings. The first-order valence-electron chi connectivity index (χ1n) is 5.13. The van der Waals surface area contributed by atoms with Gasteiger partial charge < -0.3 is 4.74 Å². The van der Waals surface area contributed by atoms with Crippen LogP contribution in [0.5, 0.6) is 0 Å². The molecule has 1 saturated carbocycles. The molecule has 0 aliphatic heterocycles. The van der Waals surface area contributed by atoms with Crippen molar-refractivity contribution >= 4 is 16.1 Å². The number of carbonyl (C=O) groups is 1. The minimum atomic E-state index is -3.95. The molecule has 0 atom stereocenters. The van der Waals surface area contributed by atoms with Gasteiger partial charge in [-0.3, -0.25) is 4.55 Å². The Bertz CT molecular complexity index is 376. The van der Waals surface area contributed by atoms with E-state index in [0.29, 0.717) is 31.3 Å². The molecule has 92 valence electrons. The predicted molar refractivity (Wildman–Crippen MR) is 58.5 cm³/mol. The molecular formula is C10H16O5S. The molecule has 1 rings (SSSR count). The molecule has 6 heteroatoms. The molecule has 0 saturated heterocycles. The van der Waals surface area contributed by atoms with Gasteiger partial charge in [0.2, 0.25) is 0 Å². The number of hydrogen-bond acceptors (Lipinski definition) is 4. The van der Waals surface area contributed by atoms with Crippen molar-refractivity contribution in [3.63, 3.8) is 0 Å². The lowest BCUT2D eigenvalue weighted by Crippen LogP contribution is -2.31. The number of esters is 1. The van der Waals surface area contributed by atoms with Gasteiger partial charge in [-0.05, 0) is 32.6 Å². The van der Waals surface area contributed by atoms with Crippen molar-refractivity contribution < 1.29 is 22.5 Å². The zero-order valence-corrected chi connectivity index (χ0v) is 10.00. The highest BCUT2D eigenvalue weighted by molar-refractivity contribution is 7.86. The van der Waals surface area contributed by atoms with Gasteiger partial charge in [-0.1, -0.05) is 6.58 Å². The summed E-state index contributed by atoms with van der Waals surface area (Å²) in [6, 6.07) is 0. The van der Waals surface area contributed by atoms with Crippen molar-refractivity contribution in [2.75, 3.05) is 0 Å². The molecule has 1 fully saturated rings. The Morgan fingerprint density at radius 1 is 1.31 bits per heavy atom. The van der Waals surface area contributed by atoms with Crippen LogP contribution in [0.15, 0.2) is 12.2 Å². The normalized spacial score (nSPS) is 26.1. The van der Waals surface area contributed by atoms with E-state index in [4.69, 9.17) is 9.29 Å². The van der Waals surface area contributed by atoms with Crippen molar-refractivity contribution in [3.05, 3.63) is 12.2 Å². The average Bonchev–Trinajstić information content (AvgIpc) is 2.17. The fourth-order valence-electron chi connectivity index (χ4n) is 1.70. The molecule has 1 aliphatic carbocycles. The second-order valence-corrected chi connectivity index (χ2v) is 5.80. The van der Waals surface area contributed by atoms with Crippen molar-refractivity contribution in [2.45, 2.75) is 44.0 Å². The Labute approximate surface area is 95.2 Å². The number of ether oxygens (including phenoxy) is 1. The summed E-state index contributed by atoms with van der Waals surface area (Å²) in [5.41, 5.74) is 0.330. The van der Waals surface area contributed by atoms with Crippen LogP contribution in [0.4, 0.5) is 0 Å². The average molecular weight is 248 g/mol. The van der Waals surface area contributed by atoms with Crippen LogP contribution in [-0.2, 0) is 19.6 Å². The molecule has 0 aromatic heterocycles. The van der Waals surface area contributed by atoms with Crippen LogP contribution in [0.3, 0.4) is 0 Å². The van der Waals surface area contributed by atoms with Gasteiger partial charge in [0.1, 0.15) is 6.10 Å². The van der Waals surface area contributed by atoms with Crippen LogP contribution in [0.25, 0.3) is 0 Å². The molecule has 0 aromatic carbocycles. The lowest BCUT2D eigenvalue weighted by atomic mass is 9.97. The third kappa shape index (κ3) is 3.61. The Morgan fingerprint density at radius 3 is 2.19 bits per heavy atom. The molecule has 0 radical (unpaired) electrons. The standard InChI is InChI=1S/C10H16O5S/c1-7(2)10(11)15-8-3-5-9(6-4-8)16(12,13)14/h8-9H,1,3-6H2,2H3,(H,12,13,14). The number of rotatable bonds is 3. The zero-order valence-electron chi connectivity index (χ0n) is 9.18. The van der Waals surface area contributed by atoms with E-state index < -0.39 is 21.3 Å². The molecule has 5 nitrogen and oxygen atoms in total. The molecule has 1 N–H and O–H groups in total. The molecule has 16 heavy (non-hydrogen) atoms. The quantitative estimate of drug-likeness (QED) is 0.462. The van der Waals surface area contributed by atoms with E-state index in [-0.39, 0.29) is 6.10 Å². The minimum absolute atomic E-state index is 0.262. The van der Waals surface area contributed by atoms with Crippen molar-refractivity contribution in [1.29, 1.82) is 0 Å². The summed E-state index contributed by atoms with van der Waals surface area (Å²) >= 11 is 0. The Hall–Kier alpha value is -0.880. The Morgan fingerprint density at radius 2 is 1.81 bits per heavy atom. The van der Waals surface area contributed by atoms with E-state index in [9.17, 15) is 13.2 Å². The first-order valence-corrected chi connectivity index (χ1v) is 6.64. The maximum atomic E-state index is 11.2. The first kappa shape index (κ1) is 13.2. The number of carbonyl (C=O) groups excluding carboxylic acids is 1. The Balaban J connectivity index is 2.44. The molecule has 0 bridgehead atoms. The summed E-state index contributed by atoms with van der Waals surface area (Å²) in [6.07, 6.45) is 1.31. The molecule has 0 spiro atoms. The van der Waals surface area contributed by atoms with Crippen LogP contribution in [0.2, 0.25) is 0 Å². The fourth-order valence-corrected chi connectivity index (χ4v) is 2.57. The van der Waals surface area contributed by atoms with Gasteiger partial charge in [-0.15, -0.1) is 0 Å². The van der Waals surface area contributed by atoms with Gasteiger partial charge in [0.25, 0.3) is 10.1 Å². The topological polar surface area (TPSA) is 80.7 Å². The van der Waals surface area contributed by atoms with Crippen LogP contribution in [0.1, 0.15) is 32.6 Å². The van der Waals surface area contributed by atoms with Gasteiger partial charge in [-0.25, -0.2) is 4.79 Å². The van der Waals surface area contributed by atoms with Gasteiger partial charge in [-0.2, -0.15) is 8.42 Å². The van der Waals surface area contributed by atoms with Crippen LogP contribution >= 0.6 is 0 Å². The predicted octanol–water partition coefficient (Wildman–Crippen LogP) is 1.30. The largest absolute Gasteiger partial charge is 0.459 e. The highest BCUT2D eigenvalue weighted by Gasteiger charge is 2.30. The monoisotopic (exact) mass is 248 g/mol. The smallest absolute Gasteiger partial charge is 0.333 e. The molecular weight excluding hydrogens is 232 g/mol. The van der Waals surface area contributed by atoms with Crippen molar-refractivity contribution in [2.24, 2.45) is 0 Å². The third-order valence-electron chi connectivity index (χ3n) is 2.66. The SMILES string of the molecule is C=C(C)C(=O)OC1CCC(S(=O)(=O)O)CC1. The second kappa shape index (κ2) is 4.97. The zero-order chi connectivity index (χ0) is 12.3. The molecule has 0 heterocycles. The van der Waals surface area contributed by atoms with E-state index in [1.807, 2.05) is 0 Å². The van der Waals surface area contributed by atoms with Gasteiger partial charge in [0, 0.05) is 5.57 Å². The Kier molecular flexibility index (Phi) is 4.09. The highest BCUT2D eigenvalue weighted by Crippen LogP contribution is 2.25. The fraction of sp³-hybridized carbons (Fsp3) is 0.700. The van der Waals surface area contributed by atoms with Crippen LogP contribution in [0, 0.1) is 0 Å². The van der Waals surface area contributed by atoms with E-state index in [0.717, 1.165) is 0 Å². The van der Waals surface area contributed by atoms with Crippen molar-refractivity contribution in [3.8, 4) is 0 Å². The first-order chi connectivity index (χ1) is 7.30. The van der Waals surface area contributed by atoms with Gasteiger partial charge in [0.15, 0.2) is 0 Å². The summed E-state index contributed by atoms with van der Waals surface area (Å²) in [7, 11) is -3.95. The summed E-state index contributed by atoms with van der Waals surface area (Å²) < 4.78 is 35.7. The van der Waals surface area contributed by atoms with Crippen molar-refractivity contribution in [1.82, 2.24) is 0 Å². The summed E-state index contributed by atoms with van der Waals surface area (Å²) in [6.45, 7) is 5.03. The van der Waals surface area contributed by atoms with E-state index in [1.165, 1.54) is 0 Å². The van der Waals surface area contributed by atoms with Gasteiger partial charge >= 0.3 is 5.97 Å². The highest BCUT2D eigenvalue weighted by atomic mass is 32.2. The van der Waals surface area contributed by atoms with E-state index in [2.05, 4.69) is 6.58 Å². The maximum absolute atomic E-state index is 11.2. The second-order valence-electron chi connectivity index (χ2n) is 4.10. The maximum Gasteiger partial charge on any atom is 0.333 e. The number of hydrogen-bond donors (Lipinski definition) is 1. The minimum Gasteiger partial charge on any atom is -0.459 e.